The maximum absolute atomic E-state index is 12.2. The second-order valence-electron chi connectivity index (χ2n) is 7.11. The van der Waals surface area contributed by atoms with Crippen molar-refractivity contribution in [1.29, 1.82) is 0 Å². The molecule has 26 heavy (non-hydrogen) atoms. The van der Waals surface area contributed by atoms with E-state index in [0.29, 0.717) is 23.7 Å². The van der Waals surface area contributed by atoms with Crippen LogP contribution in [0, 0.1) is 4.77 Å². The first kappa shape index (κ1) is 19.1. The molecule has 8 heteroatoms. The van der Waals surface area contributed by atoms with E-state index in [2.05, 4.69) is 23.7 Å². The van der Waals surface area contributed by atoms with Crippen LogP contribution in [-0.4, -0.2) is 38.7 Å². The van der Waals surface area contributed by atoms with Gasteiger partial charge in [0.25, 0.3) is 0 Å². The van der Waals surface area contributed by atoms with Crippen molar-refractivity contribution in [2.45, 2.75) is 45.3 Å². The zero-order valence-corrected chi connectivity index (χ0v) is 16.8. The zero-order valence-electron chi connectivity index (χ0n) is 15.3. The Morgan fingerprint density at radius 1 is 1.38 bits per heavy atom. The van der Waals surface area contributed by atoms with Crippen LogP contribution in [-0.2, 0) is 11.5 Å². The highest BCUT2D eigenvalue weighted by molar-refractivity contribution is 7.71. The molecule has 0 bridgehead atoms. The van der Waals surface area contributed by atoms with E-state index < -0.39 is 0 Å². The van der Waals surface area contributed by atoms with Crippen LogP contribution in [0.3, 0.4) is 0 Å². The highest BCUT2D eigenvalue weighted by atomic mass is 35.5. The quantitative estimate of drug-likeness (QED) is 0.721. The van der Waals surface area contributed by atoms with Gasteiger partial charge in [0.1, 0.15) is 5.82 Å². The van der Waals surface area contributed by atoms with Crippen molar-refractivity contribution in [3.8, 4) is 0 Å². The first-order valence-electron chi connectivity index (χ1n) is 8.78. The Morgan fingerprint density at radius 2 is 2.04 bits per heavy atom. The molecule has 1 N–H and O–H groups in total. The van der Waals surface area contributed by atoms with Crippen LogP contribution in [0.4, 0.5) is 5.69 Å². The summed E-state index contributed by atoms with van der Waals surface area (Å²) in [4.78, 5) is 14.1. The Kier molecular flexibility index (Phi) is 5.79. The van der Waals surface area contributed by atoms with Crippen LogP contribution in [0.1, 0.15) is 44.5 Å². The number of benzene rings is 1. The van der Waals surface area contributed by atoms with Gasteiger partial charge >= 0.3 is 0 Å². The van der Waals surface area contributed by atoms with Crippen LogP contribution >= 0.6 is 23.8 Å². The van der Waals surface area contributed by atoms with Crippen molar-refractivity contribution in [3.05, 3.63) is 39.9 Å². The van der Waals surface area contributed by atoms with Gasteiger partial charge in [-0.3, -0.25) is 9.69 Å². The van der Waals surface area contributed by atoms with Crippen molar-refractivity contribution >= 4 is 35.4 Å². The van der Waals surface area contributed by atoms with Crippen LogP contribution in [0.2, 0.25) is 5.02 Å². The molecule has 1 heterocycles. The van der Waals surface area contributed by atoms with Crippen LogP contribution in [0.15, 0.2) is 24.3 Å². The number of hydrogen-bond acceptors (Lipinski definition) is 4. The van der Waals surface area contributed by atoms with Gasteiger partial charge in [0.2, 0.25) is 5.91 Å². The van der Waals surface area contributed by atoms with Gasteiger partial charge in [-0.2, -0.15) is 5.10 Å². The van der Waals surface area contributed by atoms with Crippen molar-refractivity contribution in [2.75, 3.05) is 18.9 Å². The van der Waals surface area contributed by atoms with Gasteiger partial charge in [-0.25, -0.2) is 4.68 Å². The number of likely N-dealkylation sites (N-methyl/N-ethyl adjacent to an activating group) is 1. The van der Waals surface area contributed by atoms with Gasteiger partial charge in [-0.15, -0.1) is 0 Å². The molecule has 0 unspecified atom stereocenters. The van der Waals surface area contributed by atoms with E-state index in [1.165, 1.54) is 12.8 Å². The minimum atomic E-state index is -0.0907. The van der Waals surface area contributed by atoms with Gasteiger partial charge in [0, 0.05) is 22.7 Å². The molecule has 3 rings (SSSR count). The summed E-state index contributed by atoms with van der Waals surface area (Å²) in [6, 6.07) is 7.55. The smallest absolute Gasteiger partial charge is 0.238 e. The molecular weight excluding hydrogens is 370 g/mol. The SMILES string of the molecule is CC(C)c1nn(CN(C)CC(=O)Nc2ccc(Cl)cc2)c(=S)n1C1CC1. The lowest BCUT2D eigenvalue weighted by Crippen LogP contribution is -2.32. The largest absolute Gasteiger partial charge is 0.325 e. The molecule has 1 aliphatic rings. The Balaban J connectivity index is 1.63. The Bertz CT molecular complexity index is 838. The van der Waals surface area contributed by atoms with E-state index in [-0.39, 0.29) is 12.5 Å². The lowest BCUT2D eigenvalue weighted by Gasteiger charge is -2.16. The average molecular weight is 394 g/mol. The Labute approximate surface area is 163 Å². The number of aromatic nitrogens is 3. The van der Waals surface area contributed by atoms with Gasteiger partial charge in [0.15, 0.2) is 4.77 Å². The average Bonchev–Trinajstić information content (AvgIpc) is 3.35. The van der Waals surface area contributed by atoms with E-state index in [4.69, 9.17) is 28.9 Å². The van der Waals surface area contributed by atoms with Crippen molar-refractivity contribution < 1.29 is 4.79 Å². The first-order chi connectivity index (χ1) is 12.3. The minimum absolute atomic E-state index is 0.0907. The van der Waals surface area contributed by atoms with E-state index in [9.17, 15) is 4.79 Å². The lowest BCUT2D eigenvalue weighted by atomic mass is 10.2. The third kappa shape index (κ3) is 4.52. The van der Waals surface area contributed by atoms with Crippen LogP contribution < -0.4 is 5.32 Å². The maximum atomic E-state index is 12.2. The number of anilines is 1. The van der Waals surface area contributed by atoms with E-state index >= 15 is 0 Å². The molecular formula is C18H24ClN5OS. The number of nitrogens with zero attached hydrogens (tertiary/aromatic N) is 4. The number of halogens is 1. The molecule has 1 amide bonds. The molecule has 1 fully saturated rings. The third-order valence-electron chi connectivity index (χ3n) is 4.24. The minimum Gasteiger partial charge on any atom is -0.325 e. The topological polar surface area (TPSA) is 55.1 Å². The lowest BCUT2D eigenvalue weighted by molar-refractivity contribution is -0.117. The summed E-state index contributed by atoms with van der Waals surface area (Å²) < 4.78 is 4.74. The van der Waals surface area contributed by atoms with Gasteiger partial charge in [-0.05, 0) is 56.4 Å². The number of carbonyl (C=O) groups excluding carboxylic acids is 1. The molecule has 0 radical (unpaired) electrons. The standard InChI is InChI=1S/C18H24ClN5OS/c1-12(2)17-21-23(18(26)24(17)15-8-9-15)11-22(3)10-16(25)20-14-6-4-13(19)5-7-14/h4-7,12,15H,8-11H2,1-3H3,(H,20,25). The normalized spacial score (nSPS) is 14.2. The summed E-state index contributed by atoms with van der Waals surface area (Å²) in [6.07, 6.45) is 2.33. The second-order valence-corrected chi connectivity index (χ2v) is 7.91. The summed E-state index contributed by atoms with van der Waals surface area (Å²) in [5.74, 6) is 1.25. The number of carbonyl (C=O) groups is 1. The summed E-state index contributed by atoms with van der Waals surface area (Å²) in [5, 5.41) is 8.20. The zero-order chi connectivity index (χ0) is 18.8. The highest BCUT2D eigenvalue weighted by Gasteiger charge is 2.29. The first-order valence-corrected chi connectivity index (χ1v) is 9.57. The van der Waals surface area contributed by atoms with Crippen LogP contribution in [0.25, 0.3) is 0 Å². The second kappa shape index (κ2) is 7.90. The van der Waals surface area contributed by atoms with Crippen molar-refractivity contribution in [2.24, 2.45) is 0 Å². The number of rotatable bonds is 7. The summed E-state index contributed by atoms with van der Waals surface area (Å²) in [6.45, 7) is 4.98. The monoisotopic (exact) mass is 393 g/mol. The predicted molar refractivity (Wildman–Crippen MR) is 106 cm³/mol. The predicted octanol–water partition coefficient (Wildman–Crippen LogP) is 4.05. The molecule has 1 saturated carbocycles. The molecule has 0 saturated heterocycles. The fraction of sp³-hybridized carbons (Fsp3) is 0.500. The molecule has 6 nitrogen and oxygen atoms in total. The van der Waals surface area contributed by atoms with E-state index in [0.717, 1.165) is 16.3 Å². The van der Waals surface area contributed by atoms with Crippen LogP contribution in [0.5, 0.6) is 0 Å². The summed E-state index contributed by atoms with van der Waals surface area (Å²) >= 11 is 11.5. The number of hydrogen-bond donors (Lipinski definition) is 1. The van der Waals surface area contributed by atoms with E-state index in [1.807, 2.05) is 16.6 Å². The Morgan fingerprint density at radius 3 is 2.62 bits per heavy atom. The Hall–Kier alpha value is -1.70. The third-order valence-corrected chi connectivity index (χ3v) is 4.90. The molecule has 140 valence electrons. The number of amides is 1. The highest BCUT2D eigenvalue weighted by Crippen LogP contribution is 2.37. The molecule has 0 atom stereocenters. The summed E-state index contributed by atoms with van der Waals surface area (Å²) in [7, 11) is 1.88. The molecule has 2 aromatic rings. The molecule has 0 aliphatic heterocycles. The van der Waals surface area contributed by atoms with Gasteiger partial charge < -0.3 is 9.88 Å². The van der Waals surface area contributed by atoms with Gasteiger partial charge in [-0.1, -0.05) is 25.4 Å². The summed E-state index contributed by atoms with van der Waals surface area (Å²) in [5.41, 5.74) is 0.726. The van der Waals surface area contributed by atoms with Crippen molar-refractivity contribution in [3.63, 3.8) is 0 Å². The molecule has 1 aliphatic carbocycles. The fourth-order valence-corrected chi connectivity index (χ4v) is 3.32. The molecule has 0 spiro atoms. The fourth-order valence-electron chi connectivity index (χ4n) is 2.86. The molecule has 1 aromatic carbocycles. The van der Waals surface area contributed by atoms with Gasteiger partial charge in [0.05, 0.1) is 13.2 Å². The maximum Gasteiger partial charge on any atom is 0.238 e. The number of nitrogens with one attached hydrogen (secondary N) is 1. The van der Waals surface area contributed by atoms with E-state index in [1.54, 1.807) is 24.3 Å². The van der Waals surface area contributed by atoms with Crippen molar-refractivity contribution in [1.82, 2.24) is 19.2 Å². The molecule has 1 aromatic heterocycles.